The lowest BCUT2D eigenvalue weighted by Gasteiger charge is -1.99. The van der Waals surface area contributed by atoms with E-state index in [0.29, 0.717) is 0 Å². The molecule has 1 nitrogen and oxygen atoms in total. The van der Waals surface area contributed by atoms with E-state index in [-0.39, 0.29) is 0 Å². The van der Waals surface area contributed by atoms with Crippen LogP contribution in [-0.4, -0.2) is 18.4 Å². The van der Waals surface area contributed by atoms with Crippen molar-refractivity contribution in [1.29, 1.82) is 0 Å². The lowest BCUT2D eigenvalue weighted by atomic mass is 10.6. The Morgan fingerprint density at radius 3 is 2.29 bits per heavy atom. The van der Waals surface area contributed by atoms with Crippen molar-refractivity contribution in [2.24, 2.45) is 5.73 Å². The van der Waals surface area contributed by atoms with E-state index in [9.17, 15) is 0 Å². The van der Waals surface area contributed by atoms with Gasteiger partial charge in [-0.1, -0.05) is 13.8 Å². The summed E-state index contributed by atoms with van der Waals surface area (Å²) in [5.74, 6) is 0. The van der Waals surface area contributed by atoms with E-state index in [1.54, 1.807) is 0 Å². The van der Waals surface area contributed by atoms with Crippen LogP contribution in [0.4, 0.5) is 0 Å². The van der Waals surface area contributed by atoms with E-state index >= 15 is 0 Å². The average molecular weight is 119 g/mol. The summed E-state index contributed by atoms with van der Waals surface area (Å²) in [6, 6.07) is 0. The molecule has 0 radical (unpaired) electrons. The van der Waals surface area contributed by atoms with Crippen LogP contribution in [0.25, 0.3) is 0 Å². The van der Waals surface area contributed by atoms with Gasteiger partial charge >= 0.3 is 0 Å². The smallest absolute Gasteiger partial charge is 0.00401 e. The maximum Gasteiger partial charge on any atom is -0.00401 e. The summed E-state index contributed by atoms with van der Waals surface area (Å²) in [5.41, 5.74) is 6.13. The molecule has 1 unspecified atom stereocenters. The van der Waals surface area contributed by atoms with Crippen LogP contribution in [-0.2, 0) is 0 Å². The van der Waals surface area contributed by atoms with Crippen molar-refractivity contribution in [3.63, 3.8) is 0 Å². The first-order valence-electron chi connectivity index (χ1n) is 2.71. The third-order valence-corrected chi connectivity index (χ3v) is 2.09. The third-order valence-electron chi connectivity index (χ3n) is 0.697. The molecule has 0 aliphatic rings. The van der Waals surface area contributed by atoms with Gasteiger partial charge in [-0.25, -0.2) is 0 Å². The summed E-state index contributed by atoms with van der Waals surface area (Å²) >= 11 is 0. The molecule has 0 amide bonds. The fourth-order valence-corrected chi connectivity index (χ4v) is 1.12. The fraction of sp³-hybridized carbons (Fsp3) is 1.00. The van der Waals surface area contributed by atoms with E-state index in [1.807, 2.05) is 0 Å². The van der Waals surface area contributed by atoms with Crippen molar-refractivity contribution in [1.82, 2.24) is 0 Å². The number of hydrogen-bond donors (Lipinski definition) is 1. The van der Waals surface area contributed by atoms with Gasteiger partial charge < -0.3 is 5.73 Å². The largest absolute Gasteiger partial charge is 0.330 e. The Morgan fingerprint density at radius 2 is 2.14 bits per heavy atom. The Morgan fingerprint density at radius 1 is 1.57 bits per heavy atom. The predicted octanol–water partition coefficient (Wildman–Crippen LogP) is 1.03. The van der Waals surface area contributed by atoms with E-state index in [1.165, 1.54) is 6.16 Å². The molecule has 0 aliphatic carbocycles. The van der Waals surface area contributed by atoms with Gasteiger partial charge in [-0.05, 0) is 18.4 Å². The van der Waals surface area contributed by atoms with Gasteiger partial charge in [0.2, 0.25) is 0 Å². The highest BCUT2D eigenvalue weighted by Crippen LogP contribution is 2.15. The van der Waals surface area contributed by atoms with Crippen molar-refractivity contribution in [3.8, 4) is 0 Å². The van der Waals surface area contributed by atoms with Crippen molar-refractivity contribution < 1.29 is 0 Å². The molecule has 0 rings (SSSR count). The maximum absolute atomic E-state index is 5.28. The Balaban J connectivity index is 2.68. The molecule has 0 heterocycles. The van der Waals surface area contributed by atoms with E-state index in [2.05, 4.69) is 13.8 Å². The first kappa shape index (κ1) is 7.39. The van der Waals surface area contributed by atoms with Gasteiger partial charge in [0.1, 0.15) is 0 Å². The number of rotatable bonds is 3. The summed E-state index contributed by atoms with van der Waals surface area (Å²) < 4.78 is 0. The minimum atomic E-state index is 0.851. The van der Waals surface area contributed by atoms with Gasteiger partial charge in [-0.3, -0.25) is 0 Å². The van der Waals surface area contributed by atoms with Crippen molar-refractivity contribution >= 4 is 8.58 Å². The van der Waals surface area contributed by atoms with Gasteiger partial charge in [-0.15, -0.1) is 8.58 Å². The van der Waals surface area contributed by atoms with Crippen LogP contribution < -0.4 is 5.73 Å². The molecule has 0 aliphatic heterocycles. The Labute approximate surface area is 47.5 Å². The lowest BCUT2D eigenvalue weighted by molar-refractivity contribution is 1.07. The second-order valence-corrected chi connectivity index (χ2v) is 3.96. The Hall–Kier alpha value is 0.390. The molecule has 0 saturated heterocycles. The molecular weight excluding hydrogens is 105 g/mol. The van der Waals surface area contributed by atoms with Gasteiger partial charge in [0.05, 0.1) is 0 Å². The highest BCUT2D eigenvalue weighted by atomic mass is 31.1. The zero-order valence-corrected chi connectivity index (χ0v) is 6.07. The van der Waals surface area contributed by atoms with Crippen LogP contribution in [0.5, 0.6) is 0 Å². The molecule has 0 fully saturated rings. The van der Waals surface area contributed by atoms with Gasteiger partial charge in [0.25, 0.3) is 0 Å². The molecule has 0 saturated carbocycles. The van der Waals surface area contributed by atoms with Crippen LogP contribution in [0, 0.1) is 0 Å². The second kappa shape index (κ2) is 4.55. The zero-order valence-electron chi connectivity index (χ0n) is 5.07. The Bertz CT molecular complexity index is 37.1. The number of nitrogens with two attached hydrogens (primary N) is 1. The molecule has 2 N–H and O–H groups in total. The molecule has 0 bridgehead atoms. The van der Waals surface area contributed by atoms with E-state index < -0.39 is 0 Å². The van der Waals surface area contributed by atoms with Gasteiger partial charge in [0.15, 0.2) is 0 Å². The minimum Gasteiger partial charge on any atom is -0.330 e. The quantitative estimate of drug-likeness (QED) is 0.552. The highest BCUT2D eigenvalue weighted by Gasteiger charge is 1.88. The normalized spacial score (nSPS) is 12.0. The summed E-state index contributed by atoms with van der Waals surface area (Å²) in [5, 5.41) is 0. The third kappa shape index (κ3) is 6.39. The molecule has 44 valence electrons. The molecule has 0 aromatic heterocycles. The summed E-state index contributed by atoms with van der Waals surface area (Å²) in [4.78, 5) is 0. The summed E-state index contributed by atoms with van der Waals surface area (Å²) in [6.45, 7) is 5.32. The minimum absolute atomic E-state index is 0.851. The molecule has 1 atom stereocenters. The van der Waals surface area contributed by atoms with Crippen molar-refractivity contribution in [2.75, 3.05) is 12.7 Å². The molecule has 0 aromatic carbocycles. The van der Waals surface area contributed by atoms with Crippen LogP contribution in [0.1, 0.15) is 13.8 Å². The lowest BCUT2D eigenvalue weighted by Crippen LogP contribution is -2.01. The van der Waals surface area contributed by atoms with Gasteiger partial charge in [0, 0.05) is 0 Å². The predicted molar refractivity (Wildman–Crippen MR) is 37.4 cm³/mol. The second-order valence-electron chi connectivity index (χ2n) is 1.90. The molecular formula is C5H14NP. The molecule has 2 heteroatoms. The zero-order chi connectivity index (χ0) is 5.70. The van der Waals surface area contributed by atoms with E-state index in [0.717, 1.165) is 20.8 Å². The van der Waals surface area contributed by atoms with Crippen molar-refractivity contribution in [3.05, 3.63) is 0 Å². The van der Waals surface area contributed by atoms with E-state index in [4.69, 9.17) is 5.73 Å². The van der Waals surface area contributed by atoms with Crippen LogP contribution in [0.2, 0.25) is 0 Å². The monoisotopic (exact) mass is 119 g/mol. The maximum atomic E-state index is 5.28. The summed E-state index contributed by atoms with van der Waals surface area (Å²) in [7, 11) is 1.06. The topological polar surface area (TPSA) is 26.0 Å². The molecule has 0 aromatic rings. The highest BCUT2D eigenvalue weighted by molar-refractivity contribution is 7.38. The first-order valence-corrected chi connectivity index (χ1v) is 3.99. The SMILES string of the molecule is CC(C)PCCN. The average Bonchev–Trinajstić information content (AvgIpc) is 1.61. The summed E-state index contributed by atoms with van der Waals surface area (Å²) in [6.07, 6.45) is 1.21. The standard InChI is InChI=1S/C5H14NP/c1-5(2)7-4-3-6/h5,7H,3-4,6H2,1-2H3. The number of hydrogen-bond acceptors (Lipinski definition) is 1. The molecule has 7 heavy (non-hydrogen) atoms. The van der Waals surface area contributed by atoms with Crippen LogP contribution in [0.15, 0.2) is 0 Å². The fourth-order valence-electron chi connectivity index (χ4n) is 0.372. The molecule has 0 spiro atoms. The van der Waals surface area contributed by atoms with Crippen LogP contribution >= 0.6 is 8.58 Å². The van der Waals surface area contributed by atoms with Crippen LogP contribution in [0.3, 0.4) is 0 Å². The van der Waals surface area contributed by atoms with Crippen molar-refractivity contribution in [2.45, 2.75) is 19.5 Å². The first-order chi connectivity index (χ1) is 3.27. The van der Waals surface area contributed by atoms with Gasteiger partial charge in [-0.2, -0.15) is 0 Å². The Kier molecular flexibility index (Phi) is 4.80.